The Balaban J connectivity index is 2.66. The number of hydrogen-bond acceptors (Lipinski definition) is 5. The van der Waals surface area contributed by atoms with Gasteiger partial charge >= 0.3 is 0 Å². The van der Waals surface area contributed by atoms with Gasteiger partial charge in [0.05, 0.1) is 0 Å². The molecule has 0 fully saturated rings. The molecule has 0 aromatic rings. The molecule has 1 aliphatic heterocycles. The number of likely N-dealkylation sites (N-methyl/N-ethyl adjacent to an activating group) is 1. The summed E-state index contributed by atoms with van der Waals surface area (Å²) in [6, 6.07) is 0. The molecule has 30 heavy (non-hydrogen) atoms. The average molecular weight is 417 g/mol. The second kappa shape index (κ2) is 14.7. The van der Waals surface area contributed by atoms with Crippen molar-refractivity contribution >= 4 is 11.7 Å². The minimum Gasteiger partial charge on any atom is -0.370 e. The zero-order chi connectivity index (χ0) is 22.4. The summed E-state index contributed by atoms with van der Waals surface area (Å²) >= 11 is 0. The van der Waals surface area contributed by atoms with Gasteiger partial charge < -0.3 is 10.0 Å². The summed E-state index contributed by atoms with van der Waals surface area (Å²) in [5, 5.41) is 12.1. The minimum absolute atomic E-state index is 0.0803. The third-order valence-corrected chi connectivity index (χ3v) is 4.88. The first-order valence-corrected chi connectivity index (χ1v) is 11.1. The fourth-order valence-electron chi connectivity index (χ4n) is 3.02. The van der Waals surface area contributed by atoms with Gasteiger partial charge in [0.1, 0.15) is 18.6 Å². The lowest BCUT2D eigenvalue weighted by Gasteiger charge is -2.33. The van der Waals surface area contributed by atoms with Gasteiger partial charge in [0, 0.05) is 32.1 Å². The molecule has 0 bridgehead atoms. The van der Waals surface area contributed by atoms with Crippen molar-refractivity contribution in [1.29, 1.82) is 0 Å². The Labute approximate surface area is 182 Å². The maximum atomic E-state index is 12.7. The van der Waals surface area contributed by atoms with Crippen LogP contribution in [0.15, 0.2) is 53.7 Å². The molecule has 0 spiro atoms. The van der Waals surface area contributed by atoms with Gasteiger partial charge in [0.2, 0.25) is 0 Å². The highest BCUT2D eigenvalue weighted by Gasteiger charge is 2.26. The zero-order valence-corrected chi connectivity index (χ0v) is 19.2. The van der Waals surface area contributed by atoms with Gasteiger partial charge in [0.25, 0.3) is 5.91 Å². The minimum atomic E-state index is -0.848. The Morgan fingerprint density at radius 2 is 2.17 bits per heavy atom. The number of unbranched alkanes of at least 4 members (excludes halogenated alkanes) is 2. The molecule has 0 radical (unpaired) electrons. The number of rotatable bonds is 14. The number of allylic oxidation sites excluding steroid dienone is 4. The van der Waals surface area contributed by atoms with Crippen LogP contribution in [0.3, 0.4) is 0 Å². The van der Waals surface area contributed by atoms with Gasteiger partial charge in [-0.1, -0.05) is 64.0 Å². The summed E-state index contributed by atoms with van der Waals surface area (Å²) < 4.78 is 0. The number of nitrogens with zero attached hydrogens (tertiary/aromatic N) is 3. The highest BCUT2D eigenvalue weighted by Crippen LogP contribution is 2.19. The Bertz CT molecular complexity index is 652. The molecule has 6 heteroatoms. The molecule has 1 amide bonds. The van der Waals surface area contributed by atoms with Crippen LogP contribution in [0.1, 0.15) is 59.3 Å². The standard InChI is InChI=1S/C24H40N4O2/c1-6-9-11-13-15-20(4)18-25-27(5)24(30)19-28-22(16-12-10-7-2)26-21(14-8-3)17-23(28)29/h8-9,11,13,15,17,20,23,25,29H,3,6-7,10,12,14,16,18-19H2,1-2,4-5H3/b11-9-,15-13+. The van der Waals surface area contributed by atoms with Crippen molar-refractivity contribution in [3.63, 3.8) is 0 Å². The second-order valence-corrected chi connectivity index (χ2v) is 7.69. The summed E-state index contributed by atoms with van der Waals surface area (Å²) in [5.74, 6) is 0.953. The van der Waals surface area contributed by atoms with Crippen molar-refractivity contribution in [3.8, 4) is 0 Å². The molecule has 0 saturated heterocycles. The van der Waals surface area contributed by atoms with Crippen LogP contribution in [0.2, 0.25) is 0 Å². The number of aliphatic hydroxyl groups is 1. The van der Waals surface area contributed by atoms with Gasteiger partial charge in [-0.15, -0.1) is 6.58 Å². The monoisotopic (exact) mass is 416 g/mol. The molecule has 1 rings (SSSR count). The number of amidine groups is 1. The van der Waals surface area contributed by atoms with E-state index in [4.69, 9.17) is 0 Å². The van der Waals surface area contributed by atoms with Crippen LogP contribution >= 0.6 is 0 Å². The predicted octanol–water partition coefficient (Wildman–Crippen LogP) is 4.18. The van der Waals surface area contributed by atoms with E-state index < -0.39 is 6.23 Å². The summed E-state index contributed by atoms with van der Waals surface area (Å²) in [6.07, 6.45) is 16.5. The summed E-state index contributed by atoms with van der Waals surface area (Å²) in [5.41, 5.74) is 3.96. The van der Waals surface area contributed by atoms with Crippen molar-refractivity contribution in [1.82, 2.24) is 15.3 Å². The number of nitrogens with one attached hydrogen (secondary N) is 1. The van der Waals surface area contributed by atoms with E-state index in [2.05, 4.69) is 49.9 Å². The van der Waals surface area contributed by atoms with Gasteiger partial charge in [-0.3, -0.25) is 9.80 Å². The number of hydrogen-bond donors (Lipinski definition) is 2. The van der Waals surface area contributed by atoms with Crippen molar-refractivity contribution in [2.75, 3.05) is 20.1 Å². The first kappa shape index (κ1) is 25.9. The quantitative estimate of drug-likeness (QED) is 0.193. The maximum Gasteiger partial charge on any atom is 0.256 e. The molecule has 0 aromatic carbocycles. The van der Waals surface area contributed by atoms with Gasteiger partial charge in [0.15, 0.2) is 0 Å². The van der Waals surface area contributed by atoms with Crippen LogP contribution in [0.25, 0.3) is 0 Å². The molecule has 168 valence electrons. The number of carbonyl (C=O) groups is 1. The number of hydrazine groups is 1. The highest BCUT2D eigenvalue weighted by molar-refractivity contribution is 5.89. The van der Waals surface area contributed by atoms with Crippen LogP contribution in [0.5, 0.6) is 0 Å². The van der Waals surface area contributed by atoms with E-state index in [9.17, 15) is 9.90 Å². The normalized spacial score (nSPS) is 17.9. The van der Waals surface area contributed by atoms with Crippen LogP contribution in [0.4, 0.5) is 0 Å². The van der Waals surface area contributed by atoms with E-state index in [1.54, 1.807) is 24.1 Å². The first-order chi connectivity index (χ1) is 14.4. The number of aliphatic imine (C=N–C) groups is 1. The third kappa shape index (κ3) is 9.55. The Morgan fingerprint density at radius 1 is 1.40 bits per heavy atom. The van der Waals surface area contributed by atoms with Gasteiger partial charge in [-0.25, -0.2) is 10.4 Å². The molecule has 0 saturated carbocycles. The summed E-state index contributed by atoms with van der Waals surface area (Å²) in [6.45, 7) is 10.8. The summed E-state index contributed by atoms with van der Waals surface area (Å²) in [7, 11) is 1.72. The van der Waals surface area contributed by atoms with Crippen molar-refractivity contribution in [3.05, 3.63) is 48.7 Å². The van der Waals surface area contributed by atoms with Crippen LogP contribution in [-0.4, -0.2) is 53.1 Å². The topological polar surface area (TPSA) is 68.2 Å². The SMILES string of the molecule is C=CCC1=CC(O)N(CC(=O)N(C)NCC(C)/C=C/C=C\CC)C(CCCCC)=N1. The molecule has 2 atom stereocenters. The number of amides is 1. The van der Waals surface area contributed by atoms with Crippen LogP contribution < -0.4 is 5.43 Å². The molecular formula is C24H40N4O2. The van der Waals surface area contributed by atoms with E-state index in [-0.39, 0.29) is 18.4 Å². The largest absolute Gasteiger partial charge is 0.370 e. The molecule has 0 aliphatic carbocycles. The van der Waals surface area contributed by atoms with E-state index in [0.29, 0.717) is 13.0 Å². The molecule has 1 heterocycles. The van der Waals surface area contributed by atoms with Crippen molar-refractivity contribution < 1.29 is 9.90 Å². The lowest BCUT2D eigenvalue weighted by Crippen LogP contribution is -2.51. The molecular weight excluding hydrogens is 376 g/mol. The Hall–Kier alpha value is -2.18. The van der Waals surface area contributed by atoms with Crippen LogP contribution in [0, 0.1) is 5.92 Å². The molecule has 2 unspecified atom stereocenters. The Kier molecular flexibility index (Phi) is 12.7. The number of aliphatic hydroxyl groups excluding tert-OH is 1. The molecule has 6 nitrogen and oxygen atoms in total. The average Bonchev–Trinajstić information content (AvgIpc) is 2.72. The zero-order valence-electron chi connectivity index (χ0n) is 19.2. The fourth-order valence-corrected chi connectivity index (χ4v) is 3.02. The van der Waals surface area contributed by atoms with Crippen molar-refractivity contribution in [2.24, 2.45) is 10.9 Å². The highest BCUT2D eigenvalue weighted by atomic mass is 16.3. The van der Waals surface area contributed by atoms with E-state index >= 15 is 0 Å². The molecule has 1 aliphatic rings. The molecule has 2 N–H and O–H groups in total. The lowest BCUT2D eigenvalue weighted by atomic mass is 10.1. The van der Waals surface area contributed by atoms with E-state index in [0.717, 1.165) is 43.6 Å². The molecule has 0 aromatic heterocycles. The maximum absolute atomic E-state index is 12.7. The first-order valence-electron chi connectivity index (χ1n) is 11.1. The van der Waals surface area contributed by atoms with Gasteiger partial charge in [-0.05, 0) is 24.8 Å². The van der Waals surface area contributed by atoms with E-state index in [1.165, 1.54) is 5.01 Å². The fraction of sp³-hybridized carbons (Fsp3) is 0.583. The second-order valence-electron chi connectivity index (χ2n) is 7.69. The van der Waals surface area contributed by atoms with Gasteiger partial charge in [-0.2, -0.15) is 0 Å². The smallest absolute Gasteiger partial charge is 0.256 e. The summed E-state index contributed by atoms with van der Waals surface area (Å²) in [4.78, 5) is 19.1. The number of carbonyl (C=O) groups excluding carboxylic acids is 1. The Morgan fingerprint density at radius 3 is 2.83 bits per heavy atom. The lowest BCUT2D eigenvalue weighted by molar-refractivity contribution is -0.134. The third-order valence-electron chi connectivity index (χ3n) is 4.88. The van der Waals surface area contributed by atoms with Crippen molar-refractivity contribution in [2.45, 2.75) is 65.5 Å². The van der Waals surface area contributed by atoms with Crippen LogP contribution in [-0.2, 0) is 4.79 Å². The van der Waals surface area contributed by atoms with E-state index in [1.807, 2.05) is 12.2 Å². The predicted molar refractivity (Wildman–Crippen MR) is 126 cm³/mol.